The Morgan fingerprint density at radius 1 is 1.41 bits per heavy atom. The molecule has 1 amide bonds. The van der Waals surface area contributed by atoms with Crippen LogP contribution in [0.15, 0.2) is 29.8 Å². The Morgan fingerprint density at radius 2 is 2.18 bits per heavy atom. The van der Waals surface area contributed by atoms with Crippen LogP contribution in [0.5, 0.6) is 0 Å². The van der Waals surface area contributed by atoms with Crippen molar-refractivity contribution in [1.29, 1.82) is 0 Å². The van der Waals surface area contributed by atoms with E-state index in [1.807, 2.05) is 24.8 Å². The number of amides is 1. The van der Waals surface area contributed by atoms with Gasteiger partial charge in [-0.15, -0.1) is 0 Å². The minimum absolute atomic E-state index is 0.136. The SMILES string of the molecule is C/C=C(\C)C(=O)N1CCCc2cc(C)ccc21. The second-order valence-electron chi connectivity index (χ2n) is 4.66. The molecule has 1 heterocycles. The fourth-order valence-corrected chi connectivity index (χ4v) is 2.27. The maximum absolute atomic E-state index is 12.2. The van der Waals surface area contributed by atoms with Crippen molar-refractivity contribution in [1.82, 2.24) is 0 Å². The van der Waals surface area contributed by atoms with Crippen LogP contribution in [0.25, 0.3) is 0 Å². The fourth-order valence-electron chi connectivity index (χ4n) is 2.27. The summed E-state index contributed by atoms with van der Waals surface area (Å²) in [6.07, 6.45) is 4.01. The van der Waals surface area contributed by atoms with Gasteiger partial charge in [-0.2, -0.15) is 0 Å². The van der Waals surface area contributed by atoms with E-state index in [9.17, 15) is 4.79 Å². The predicted molar refractivity (Wildman–Crippen MR) is 71.3 cm³/mol. The molecule has 0 aliphatic carbocycles. The van der Waals surface area contributed by atoms with Crippen molar-refractivity contribution < 1.29 is 4.79 Å². The number of carbonyl (C=O) groups is 1. The maximum atomic E-state index is 12.2. The lowest BCUT2D eigenvalue weighted by Crippen LogP contribution is -2.35. The van der Waals surface area contributed by atoms with Crippen molar-refractivity contribution in [2.24, 2.45) is 0 Å². The molecule has 0 fully saturated rings. The molecule has 2 rings (SSSR count). The van der Waals surface area contributed by atoms with Crippen LogP contribution in [0, 0.1) is 6.92 Å². The number of anilines is 1. The first-order valence-electron chi connectivity index (χ1n) is 6.18. The van der Waals surface area contributed by atoms with Gasteiger partial charge in [-0.05, 0) is 45.2 Å². The van der Waals surface area contributed by atoms with Gasteiger partial charge in [-0.3, -0.25) is 4.79 Å². The van der Waals surface area contributed by atoms with Crippen LogP contribution in [-0.4, -0.2) is 12.5 Å². The van der Waals surface area contributed by atoms with E-state index in [-0.39, 0.29) is 5.91 Å². The van der Waals surface area contributed by atoms with Gasteiger partial charge in [-0.1, -0.05) is 23.8 Å². The Balaban J connectivity index is 2.38. The highest BCUT2D eigenvalue weighted by Crippen LogP contribution is 2.28. The fraction of sp³-hybridized carbons (Fsp3) is 0.400. The highest BCUT2D eigenvalue weighted by molar-refractivity contribution is 6.05. The van der Waals surface area contributed by atoms with E-state index < -0.39 is 0 Å². The van der Waals surface area contributed by atoms with Crippen LogP contribution in [0.1, 0.15) is 31.4 Å². The quantitative estimate of drug-likeness (QED) is 0.677. The summed E-state index contributed by atoms with van der Waals surface area (Å²) in [5.41, 5.74) is 4.47. The molecule has 90 valence electrons. The lowest BCUT2D eigenvalue weighted by Gasteiger charge is -2.30. The van der Waals surface area contributed by atoms with E-state index in [0.29, 0.717) is 0 Å². The monoisotopic (exact) mass is 229 g/mol. The highest BCUT2D eigenvalue weighted by Gasteiger charge is 2.22. The van der Waals surface area contributed by atoms with Crippen molar-refractivity contribution >= 4 is 11.6 Å². The smallest absolute Gasteiger partial charge is 0.253 e. The zero-order chi connectivity index (χ0) is 12.4. The molecule has 1 aromatic carbocycles. The van der Waals surface area contributed by atoms with Crippen LogP contribution < -0.4 is 4.90 Å². The van der Waals surface area contributed by atoms with Gasteiger partial charge < -0.3 is 4.90 Å². The molecule has 1 aliphatic rings. The van der Waals surface area contributed by atoms with Gasteiger partial charge in [0.15, 0.2) is 0 Å². The van der Waals surface area contributed by atoms with Gasteiger partial charge >= 0.3 is 0 Å². The summed E-state index contributed by atoms with van der Waals surface area (Å²) in [7, 11) is 0. The van der Waals surface area contributed by atoms with Crippen LogP contribution >= 0.6 is 0 Å². The molecule has 0 spiro atoms. The Morgan fingerprint density at radius 3 is 2.88 bits per heavy atom. The van der Waals surface area contributed by atoms with E-state index in [0.717, 1.165) is 30.6 Å². The number of carbonyl (C=O) groups excluding carboxylic acids is 1. The second kappa shape index (κ2) is 4.74. The Hall–Kier alpha value is -1.57. The number of rotatable bonds is 1. The molecule has 0 aromatic heterocycles. The van der Waals surface area contributed by atoms with Crippen molar-refractivity contribution in [3.05, 3.63) is 41.0 Å². The number of aryl methyl sites for hydroxylation is 2. The van der Waals surface area contributed by atoms with Crippen LogP contribution in [0.2, 0.25) is 0 Å². The minimum Gasteiger partial charge on any atom is -0.308 e. The third-order valence-corrected chi connectivity index (χ3v) is 3.37. The van der Waals surface area contributed by atoms with Crippen molar-refractivity contribution in [2.75, 3.05) is 11.4 Å². The first-order chi connectivity index (χ1) is 8.13. The molecule has 0 atom stereocenters. The lowest BCUT2D eigenvalue weighted by molar-refractivity contribution is -0.115. The first kappa shape index (κ1) is 11.9. The number of fused-ring (bicyclic) bond motifs is 1. The molecule has 1 aromatic rings. The predicted octanol–water partition coefficient (Wildman–Crippen LogP) is 3.24. The van der Waals surface area contributed by atoms with Crippen LogP contribution in [0.3, 0.4) is 0 Å². The summed E-state index contributed by atoms with van der Waals surface area (Å²) < 4.78 is 0. The Bertz CT molecular complexity index is 474. The van der Waals surface area contributed by atoms with Gasteiger partial charge in [0.25, 0.3) is 5.91 Å². The third kappa shape index (κ3) is 2.26. The Kier molecular flexibility index (Phi) is 3.32. The summed E-state index contributed by atoms with van der Waals surface area (Å²) in [5, 5.41) is 0. The molecule has 1 aliphatic heterocycles. The number of allylic oxidation sites excluding steroid dienone is 1. The normalized spacial score (nSPS) is 15.7. The summed E-state index contributed by atoms with van der Waals surface area (Å²) in [4.78, 5) is 14.1. The van der Waals surface area contributed by atoms with Gasteiger partial charge in [0.1, 0.15) is 0 Å². The lowest BCUT2D eigenvalue weighted by atomic mass is 9.99. The van der Waals surface area contributed by atoms with Gasteiger partial charge in [-0.25, -0.2) is 0 Å². The zero-order valence-corrected chi connectivity index (χ0v) is 10.8. The Labute approximate surface area is 103 Å². The van der Waals surface area contributed by atoms with Gasteiger partial charge in [0.2, 0.25) is 0 Å². The summed E-state index contributed by atoms with van der Waals surface area (Å²) in [6, 6.07) is 6.35. The topological polar surface area (TPSA) is 20.3 Å². The van der Waals surface area contributed by atoms with Crippen molar-refractivity contribution in [3.63, 3.8) is 0 Å². The molecule has 0 N–H and O–H groups in total. The van der Waals surface area contributed by atoms with Crippen LogP contribution in [-0.2, 0) is 11.2 Å². The number of hydrogen-bond donors (Lipinski definition) is 0. The molecule has 0 bridgehead atoms. The average molecular weight is 229 g/mol. The van der Waals surface area contributed by atoms with Gasteiger partial charge in [0, 0.05) is 17.8 Å². The molecule has 0 saturated carbocycles. The zero-order valence-electron chi connectivity index (χ0n) is 10.8. The van der Waals surface area contributed by atoms with E-state index in [4.69, 9.17) is 0 Å². The average Bonchev–Trinajstić information content (AvgIpc) is 2.35. The molecule has 0 radical (unpaired) electrons. The maximum Gasteiger partial charge on any atom is 0.253 e. The van der Waals surface area contributed by atoms with Crippen molar-refractivity contribution in [2.45, 2.75) is 33.6 Å². The van der Waals surface area contributed by atoms with Gasteiger partial charge in [0.05, 0.1) is 0 Å². The first-order valence-corrected chi connectivity index (χ1v) is 6.18. The third-order valence-electron chi connectivity index (χ3n) is 3.37. The molecular weight excluding hydrogens is 210 g/mol. The summed E-state index contributed by atoms with van der Waals surface area (Å²) in [6.45, 7) is 6.72. The number of benzene rings is 1. The second-order valence-corrected chi connectivity index (χ2v) is 4.66. The van der Waals surface area contributed by atoms with Crippen LogP contribution in [0.4, 0.5) is 5.69 Å². The van der Waals surface area contributed by atoms with E-state index >= 15 is 0 Å². The number of hydrogen-bond acceptors (Lipinski definition) is 1. The summed E-state index contributed by atoms with van der Waals surface area (Å²) >= 11 is 0. The van der Waals surface area contributed by atoms with E-state index in [2.05, 4.69) is 25.1 Å². The molecule has 2 heteroatoms. The summed E-state index contributed by atoms with van der Waals surface area (Å²) in [5.74, 6) is 0.136. The van der Waals surface area contributed by atoms with E-state index in [1.165, 1.54) is 11.1 Å². The molecular formula is C15H19NO. The standard InChI is InChI=1S/C15H19NO/c1-4-12(3)15(17)16-9-5-6-13-10-11(2)7-8-14(13)16/h4,7-8,10H,5-6,9H2,1-3H3/b12-4+. The molecule has 0 unspecified atom stereocenters. The number of nitrogens with zero attached hydrogens (tertiary/aromatic N) is 1. The molecule has 2 nitrogen and oxygen atoms in total. The minimum atomic E-state index is 0.136. The highest BCUT2D eigenvalue weighted by atomic mass is 16.2. The largest absolute Gasteiger partial charge is 0.308 e. The van der Waals surface area contributed by atoms with Crippen molar-refractivity contribution in [3.8, 4) is 0 Å². The molecule has 0 saturated heterocycles. The molecule has 17 heavy (non-hydrogen) atoms. The van der Waals surface area contributed by atoms with E-state index in [1.54, 1.807) is 0 Å².